The van der Waals surface area contributed by atoms with Crippen molar-refractivity contribution in [3.8, 4) is 11.1 Å². The summed E-state index contributed by atoms with van der Waals surface area (Å²) in [4.78, 5) is 23.2. The molecular formula is C28H28N6O3S. The predicted octanol–water partition coefficient (Wildman–Crippen LogP) is 4.25. The lowest BCUT2D eigenvalue weighted by Crippen LogP contribution is -2.48. The minimum Gasteiger partial charge on any atom is -0.369 e. The fourth-order valence-corrected chi connectivity index (χ4v) is 5.30. The van der Waals surface area contributed by atoms with Crippen LogP contribution in [0.3, 0.4) is 0 Å². The molecule has 1 aliphatic rings. The van der Waals surface area contributed by atoms with Crippen LogP contribution in [-0.4, -0.2) is 61.0 Å². The minimum atomic E-state index is -3.16. The molecule has 0 atom stereocenters. The van der Waals surface area contributed by atoms with Gasteiger partial charge in [0.05, 0.1) is 11.8 Å². The van der Waals surface area contributed by atoms with Gasteiger partial charge in [-0.05, 0) is 48.0 Å². The summed E-state index contributed by atoms with van der Waals surface area (Å²) in [5, 5.41) is 6.98. The lowest BCUT2D eigenvalue weighted by Gasteiger charge is -2.34. The van der Waals surface area contributed by atoms with E-state index in [0.717, 1.165) is 33.4 Å². The van der Waals surface area contributed by atoms with E-state index in [-0.39, 0.29) is 5.91 Å². The molecule has 194 valence electrons. The largest absolute Gasteiger partial charge is 0.369 e. The number of sulfonamides is 1. The average molecular weight is 529 g/mol. The number of hydrogen-bond acceptors (Lipinski definition) is 7. The molecule has 4 aromatic rings. The minimum absolute atomic E-state index is 0.268. The number of aromatic nitrogens is 2. The monoisotopic (exact) mass is 528 g/mol. The molecule has 0 unspecified atom stereocenters. The summed E-state index contributed by atoms with van der Waals surface area (Å²) >= 11 is 0. The van der Waals surface area contributed by atoms with Crippen LogP contribution in [0.25, 0.3) is 22.0 Å². The Labute approximate surface area is 221 Å². The highest BCUT2D eigenvalue weighted by atomic mass is 32.2. The summed E-state index contributed by atoms with van der Waals surface area (Å²) in [6.07, 6.45) is 4.27. The first-order valence-corrected chi connectivity index (χ1v) is 14.0. The second kappa shape index (κ2) is 10.6. The molecule has 10 heteroatoms. The van der Waals surface area contributed by atoms with Crippen LogP contribution < -0.4 is 15.5 Å². The van der Waals surface area contributed by atoms with Gasteiger partial charge in [0.15, 0.2) is 0 Å². The number of anilines is 4. The Morgan fingerprint density at radius 2 is 1.71 bits per heavy atom. The Balaban J connectivity index is 1.34. The molecule has 9 nitrogen and oxygen atoms in total. The molecule has 0 aliphatic carbocycles. The number of carbonyl (C=O) groups excluding carboxylic acids is 1. The van der Waals surface area contributed by atoms with Crippen LogP contribution in [-0.2, 0) is 14.8 Å². The summed E-state index contributed by atoms with van der Waals surface area (Å²) in [6, 6.07) is 21.4. The maximum atomic E-state index is 11.8. The summed E-state index contributed by atoms with van der Waals surface area (Å²) in [5.41, 5.74) is 5.18. The third-order valence-corrected chi connectivity index (χ3v) is 7.74. The molecule has 1 amide bonds. The quantitative estimate of drug-likeness (QED) is 0.345. The number of nitrogens with one attached hydrogen (secondary N) is 2. The van der Waals surface area contributed by atoms with Gasteiger partial charge in [0.2, 0.25) is 21.9 Å². The number of carbonyl (C=O) groups is 1. The van der Waals surface area contributed by atoms with Gasteiger partial charge in [0.25, 0.3) is 0 Å². The molecule has 1 aromatic heterocycles. The third kappa shape index (κ3) is 5.66. The number of benzene rings is 3. The zero-order valence-electron chi connectivity index (χ0n) is 21.0. The van der Waals surface area contributed by atoms with Crippen molar-refractivity contribution in [1.82, 2.24) is 14.3 Å². The zero-order chi connectivity index (χ0) is 26.7. The Hall–Kier alpha value is -4.28. The van der Waals surface area contributed by atoms with Crippen LogP contribution in [0.5, 0.6) is 0 Å². The SMILES string of the molecule is C=CC(=O)Nc1cccc(-c2cccc3cnc(Nc4ccc(N5CCN(S(C)(=O)=O)CC5)cc4)nc23)c1. The first kappa shape index (κ1) is 25.4. The van der Waals surface area contributed by atoms with Gasteiger partial charge >= 0.3 is 0 Å². The van der Waals surface area contributed by atoms with Gasteiger partial charge in [-0.15, -0.1) is 0 Å². The highest BCUT2D eigenvalue weighted by molar-refractivity contribution is 7.88. The van der Waals surface area contributed by atoms with Gasteiger partial charge in [0, 0.05) is 60.4 Å². The van der Waals surface area contributed by atoms with Crippen molar-refractivity contribution < 1.29 is 13.2 Å². The van der Waals surface area contributed by atoms with E-state index in [9.17, 15) is 13.2 Å². The van der Waals surface area contributed by atoms with Gasteiger partial charge in [-0.3, -0.25) is 4.79 Å². The smallest absolute Gasteiger partial charge is 0.247 e. The third-order valence-electron chi connectivity index (χ3n) is 6.43. The van der Waals surface area contributed by atoms with E-state index in [0.29, 0.717) is 37.8 Å². The van der Waals surface area contributed by atoms with E-state index in [1.165, 1.54) is 16.6 Å². The topological polar surface area (TPSA) is 108 Å². The normalized spacial score (nSPS) is 14.3. The first-order chi connectivity index (χ1) is 18.3. The van der Waals surface area contributed by atoms with Crippen molar-refractivity contribution in [2.24, 2.45) is 0 Å². The summed E-state index contributed by atoms with van der Waals surface area (Å²) in [5.74, 6) is 0.201. The highest BCUT2D eigenvalue weighted by Crippen LogP contribution is 2.30. The van der Waals surface area contributed by atoms with E-state index in [1.54, 1.807) is 6.20 Å². The molecule has 0 bridgehead atoms. The van der Waals surface area contributed by atoms with Crippen LogP contribution in [0.2, 0.25) is 0 Å². The zero-order valence-corrected chi connectivity index (χ0v) is 21.8. The van der Waals surface area contributed by atoms with Crippen molar-refractivity contribution in [3.63, 3.8) is 0 Å². The Morgan fingerprint density at radius 3 is 2.42 bits per heavy atom. The lowest BCUT2D eigenvalue weighted by molar-refractivity contribution is -0.111. The molecule has 2 heterocycles. The molecule has 5 rings (SSSR count). The van der Waals surface area contributed by atoms with Crippen LogP contribution in [0.1, 0.15) is 0 Å². The van der Waals surface area contributed by atoms with Gasteiger partial charge in [0.1, 0.15) is 0 Å². The van der Waals surface area contributed by atoms with E-state index in [1.807, 2.05) is 66.7 Å². The van der Waals surface area contributed by atoms with Gasteiger partial charge in [-0.25, -0.2) is 18.4 Å². The molecule has 2 N–H and O–H groups in total. The second-order valence-corrected chi connectivity index (χ2v) is 11.0. The van der Waals surface area contributed by atoms with E-state index in [2.05, 4.69) is 27.1 Å². The van der Waals surface area contributed by atoms with Crippen molar-refractivity contribution >= 4 is 49.8 Å². The summed E-state index contributed by atoms with van der Waals surface area (Å²) in [7, 11) is -3.16. The highest BCUT2D eigenvalue weighted by Gasteiger charge is 2.23. The Bertz CT molecular complexity index is 1600. The van der Waals surface area contributed by atoms with Crippen molar-refractivity contribution in [2.75, 3.05) is 48.0 Å². The molecule has 0 saturated carbocycles. The maximum absolute atomic E-state index is 11.8. The molecule has 1 saturated heterocycles. The molecule has 38 heavy (non-hydrogen) atoms. The molecule has 1 aliphatic heterocycles. The molecule has 3 aromatic carbocycles. The number of fused-ring (bicyclic) bond motifs is 1. The van der Waals surface area contributed by atoms with Gasteiger partial charge < -0.3 is 15.5 Å². The van der Waals surface area contributed by atoms with Crippen molar-refractivity contribution in [3.05, 3.63) is 85.6 Å². The summed E-state index contributed by atoms with van der Waals surface area (Å²) < 4.78 is 25.0. The van der Waals surface area contributed by atoms with Gasteiger partial charge in [-0.2, -0.15) is 4.31 Å². The summed E-state index contributed by atoms with van der Waals surface area (Å²) in [6.45, 7) is 5.76. The predicted molar refractivity (Wildman–Crippen MR) is 152 cm³/mol. The lowest BCUT2D eigenvalue weighted by atomic mass is 10.0. The standard InChI is InChI=1S/C28H28N6O3S/c1-3-26(35)30-23-8-4-6-20(18-23)25-9-5-7-21-19-29-28(32-27(21)25)31-22-10-12-24(13-11-22)33-14-16-34(17-15-33)38(2,36)37/h3-13,18-19H,1,14-17H2,2H3,(H,30,35)(H,29,31,32). The first-order valence-electron chi connectivity index (χ1n) is 12.2. The number of piperazine rings is 1. The van der Waals surface area contributed by atoms with Crippen LogP contribution in [0.15, 0.2) is 85.6 Å². The van der Waals surface area contributed by atoms with Crippen molar-refractivity contribution in [2.45, 2.75) is 0 Å². The van der Waals surface area contributed by atoms with Crippen LogP contribution in [0, 0.1) is 0 Å². The van der Waals surface area contributed by atoms with Crippen LogP contribution in [0.4, 0.5) is 23.0 Å². The Morgan fingerprint density at radius 1 is 0.974 bits per heavy atom. The number of hydrogen-bond donors (Lipinski definition) is 2. The van der Waals surface area contributed by atoms with E-state index < -0.39 is 10.0 Å². The number of rotatable bonds is 7. The van der Waals surface area contributed by atoms with Gasteiger partial charge in [-0.1, -0.05) is 36.9 Å². The fraction of sp³-hybridized carbons (Fsp3) is 0.179. The van der Waals surface area contributed by atoms with Crippen LogP contribution >= 0.6 is 0 Å². The number of nitrogens with zero attached hydrogens (tertiary/aromatic N) is 4. The molecule has 0 spiro atoms. The fourth-order valence-electron chi connectivity index (χ4n) is 4.47. The molecule has 1 fully saturated rings. The molecule has 0 radical (unpaired) electrons. The maximum Gasteiger partial charge on any atom is 0.247 e. The second-order valence-electron chi connectivity index (χ2n) is 9.03. The number of para-hydroxylation sites is 1. The number of amides is 1. The van der Waals surface area contributed by atoms with E-state index in [4.69, 9.17) is 4.98 Å². The van der Waals surface area contributed by atoms with E-state index >= 15 is 0 Å². The average Bonchev–Trinajstić information content (AvgIpc) is 2.93. The van der Waals surface area contributed by atoms with Crippen molar-refractivity contribution in [1.29, 1.82) is 0 Å². The molecular weight excluding hydrogens is 500 g/mol. The Kier molecular flexibility index (Phi) is 7.08.